The molecule has 0 aliphatic carbocycles. The Morgan fingerprint density at radius 3 is 2.55 bits per heavy atom. The van der Waals surface area contributed by atoms with Gasteiger partial charge in [0.2, 0.25) is 5.91 Å². The molecule has 166 valence electrons. The standard InChI is InChI=1S/C21H26FN5O3S/c1-14-17-10-11-19(28)26(13-15-6-8-16(22)9-7-15)21(17)24-20(23-14)18-5-4-12-27(18)31(29,30)25(2)3/h6-9,18H,4-5,10-13H2,1-3H3. The van der Waals surface area contributed by atoms with E-state index in [0.717, 1.165) is 23.2 Å². The number of aryl methyl sites for hydroxylation is 1. The largest absolute Gasteiger partial charge is 0.292 e. The molecular weight excluding hydrogens is 421 g/mol. The zero-order chi connectivity index (χ0) is 22.3. The molecule has 0 bridgehead atoms. The second-order valence-electron chi connectivity index (χ2n) is 8.13. The maximum Gasteiger partial charge on any atom is 0.282 e. The summed E-state index contributed by atoms with van der Waals surface area (Å²) in [6, 6.07) is 5.55. The van der Waals surface area contributed by atoms with Crippen molar-refractivity contribution in [3.05, 3.63) is 52.7 Å². The predicted molar refractivity (Wildman–Crippen MR) is 114 cm³/mol. The van der Waals surface area contributed by atoms with Crippen molar-refractivity contribution in [2.75, 3.05) is 25.5 Å². The van der Waals surface area contributed by atoms with Crippen LogP contribution in [0.5, 0.6) is 0 Å². The number of nitrogens with zero attached hydrogens (tertiary/aromatic N) is 5. The number of fused-ring (bicyclic) bond motifs is 1. The second kappa shape index (κ2) is 8.25. The first kappa shape index (κ1) is 21.8. The van der Waals surface area contributed by atoms with Gasteiger partial charge in [0.15, 0.2) is 0 Å². The Bertz CT molecular complexity index is 1100. The minimum Gasteiger partial charge on any atom is -0.292 e. The van der Waals surface area contributed by atoms with E-state index in [1.807, 2.05) is 6.92 Å². The fourth-order valence-corrected chi connectivity index (χ4v) is 5.47. The highest BCUT2D eigenvalue weighted by Crippen LogP contribution is 2.36. The molecule has 3 heterocycles. The van der Waals surface area contributed by atoms with Crippen LogP contribution in [0.2, 0.25) is 0 Å². The van der Waals surface area contributed by atoms with Crippen LogP contribution in [-0.4, -0.2) is 53.5 Å². The van der Waals surface area contributed by atoms with Gasteiger partial charge in [0.05, 0.1) is 12.6 Å². The first-order valence-electron chi connectivity index (χ1n) is 10.3. The van der Waals surface area contributed by atoms with Crippen LogP contribution in [0.3, 0.4) is 0 Å². The van der Waals surface area contributed by atoms with Gasteiger partial charge < -0.3 is 0 Å². The number of halogens is 1. The van der Waals surface area contributed by atoms with Crippen LogP contribution in [0.15, 0.2) is 24.3 Å². The molecule has 4 rings (SSSR count). The molecule has 0 radical (unpaired) electrons. The van der Waals surface area contributed by atoms with Gasteiger partial charge in [-0.05, 0) is 43.9 Å². The lowest BCUT2D eigenvalue weighted by molar-refractivity contribution is -0.119. The number of rotatable bonds is 5. The molecular formula is C21H26FN5O3S. The number of benzene rings is 1. The minimum absolute atomic E-state index is 0.0648. The number of carbonyl (C=O) groups excluding carboxylic acids is 1. The molecule has 1 saturated heterocycles. The first-order chi connectivity index (χ1) is 14.7. The van der Waals surface area contributed by atoms with E-state index in [4.69, 9.17) is 4.98 Å². The van der Waals surface area contributed by atoms with E-state index >= 15 is 0 Å². The quantitative estimate of drug-likeness (QED) is 0.702. The predicted octanol–water partition coefficient (Wildman–Crippen LogP) is 2.35. The lowest BCUT2D eigenvalue weighted by atomic mass is 10.0. The Labute approximate surface area is 181 Å². The average molecular weight is 448 g/mol. The number of hydrogen-bond acceptors (Lipinski definition) is 5. The van der Waals surface area contributed by atoms with Crippen LogP contribution in [-0.2, 0) is 28.0 Å². The van der Waals surface area contributed by atoms with E-state index in [1.165, 1.54) is 34.8 Å². The van der Waals surface area contributed by atoms with Crippen LogP contribution < -0.4 is 4.90 Å². The Kier molecular flexibility index (Phi) is 5.80. The third-order valence-corrected chi connectivity index (χ3v) is 7.82. The molecule has 2 aromatic rings. The molecule has 8 nitrogen and oxygen atoms in total. The van der Waals surface area contributed by atoms with E-state index in [1.54, 1.807) is 17.0 Å². The minimum atomic E-state index is -3.61. The Morgan fingerprint density at radius 2 is 1.87 bits per heavy atom. The van der Waals surface area contributed by atoms with Crippen LogP contribution in [0.1, 0.15) is 47.9 Å². The summed E-state index contributed by atoms with van der Waals surface area (Å²) < 4.78 is 41.5. The Hall–Kier alpha value is -2.43. The van der Waals surface area contributed by atoms with E-state index < -0.39 is 16.3 Å². The van der Waals surface area contributed by atoms with Crippen molar-refractivity contribution in [3.63, 3.8) is 0 Å². The maximum atomic E-state index is 13.3. The van der Waals surface area contributed by atoms with Gasteiger partial charge in [-0.1, -0.05) is 12.1 Å². The lowest BCUT2D eigenvalue weighted by Crippen LogP contribution is -2.40. The van der Waals surface area contributed by atoms with Gasteiger partial charge in [-0.2, -0.15) is 17.0 Å². The van der Waals surface area contributed by atoms with Crippen LogP contribution in [0.4, 0.5) is 10.2 Å². The van der Waals surface area contributed by atoms with Gasteiger partial charge in [-0.3, -0.25) is 9.69 Å². The van der Waals surface area contributed by atoms with Gasteiger partial charge in [0, 0.05) is 38.3 Å². The monoisotopic (exact) mass is 447 g/mol. The van der Waals surface area contributed by atoms with Crippen molar-refractivity contribution in [3.8, 4) is 0 Å². The molecule has 1 aromatic heterocycles. The highest BCUT2D eigenvalue weighted by atomic mass is 32.2. The number of hydrogen-bond donors (Lipinski definition) is 0. The Balaban J connectivity index is 1.73. The maximum absolute atomic E-state index is 13.3. The summed E-state index contributed by atoms with van der Waals surface area (Å²) in [4.78, 5) is 23.7. The average Bonchev–Trinajstić information content (AvgIpc) is 3.22. The highest BCUT2D eigenvalue weighted by Gasteiger charge is 2.39. The molecule has 31 heavy (non-hydrogen) atoms. The van der Waals surface area contributed by atoms with Crippen molar-refractivity contribution in [1.29, 1.82) is 0 Å². The first-order valence-corrected chi connectivity index (χ1v) is 11.7. The van der Waals surface area contributed by atoms with Crippen molar-refractivity contribution in [2.24, 2.45) is 0 Å². The fourth-order valence-electron chi connectivity index (χ4n) is 4.17. The van der Waals surface area contributed by atoms with Crippen molar-refractivity contribution < 1.29 is 17.6 Å². The third-order valence-electron chi connectivity index (χ3n) is 5.87. The van der Waals surface area contributed by atoms with Crippen LogP contribution >= 0.6 is 0 Å². The smallest absolute Gasteiger partial charge is 0.282 e. The molecule has 1 amide bonds. The van der Waals surface area contributed by atoms with E-state index in [0.29, 0.717) is 37.4 Å². The second-order valence-corrected chi connectivity index (χ2v) is 10.2. The lowest BCUT2D eigenvalue weighted by Gasteiger charge is -2.31. The zero-order valence-electron chi connectivity index (χ0n) is 17.9. The molecule has 0 N–H and O–H groups in total. The summed E-state index contributed by atoms with van der Waals surface area (Å²) in [5.74, 6) is 0.540. The van der Waals surface area contributed by atoms with Gasteiger partial charge in [-0.15, -0.1) is 0 Å². The number of anilines is 1. The summed E-state index contributed by atoms with van der Waals surface area (Å²) in [5, 5.41) is 0. The molecule has 0 saturated carbocycles. The van der Waals surface area contributed by atoms with Gasteiger partial charge >= 0.3 is 0 Å². The van der Waals surface area contributed by atoms with Crippen molar-refractivity contribution >= 4 is 21.9 Å². The van der Waals surface area contributed by atoms with Crippen LogP contribution in [0.25, 0.3) is 0 Å². The van der Waals surface area contributed by atoms with Gasteiger partial charge in [-0.25, -0.2) is 14.4 Å². The number of amides is 1. The summed E-state index contributed by atoms with van der Waals surface area (Å²) in [7, 11) is -0.601. The van der Waals surface area contributed by atoms with E-state index in [-0.39, 0.29) is 18.3 Å². The number of carbonyl (C=O) groups is 1. The third kappa shape index (κ3) is 4.07. The van der Waals surface area contributed by atoms with Crippen molar-refractivity contribution in [1.82, 2.24) is 18.6 Å². The van der Waals surface area contributed by atoms with E-state index in [2.05, 4.69) is 4.98 Å². The summed E-state index contributed by atoms with van der Waals surface area (Å²) >= 11 is 0. The molecule has 0 spiro atoms. The van der Waals surface area contributed by atoms with Gasteiger partial charge in [0.25, 0.3) is 10.2 Å². The molecule has 10 heteroatoms. The zero-order valence-corrected chi connectivity index (χ0v) is 18.7. The molecule has 1 atom stereocenters. The van der Waals surface area contributed by atoms with Crippen molar-refractivity contribution in [2.45, 2.75) is 45.2 Å². The normalized spacial score (nSPS) is 19.8. The van der Waals surface area contributed by atoms with Gasteiger partial charge in [0.1, 0.15) is 17.5 Å². The summed E-state index contributed by atoms with van der Waals surface area (Å²) in [5.41, 5.74) is 2.44. The molecule has 2 aliphatic rings. The topological polar surface area (TPSA) is 86.7 Å². The SMILES string of the molecule is Cc1nc(C2CCCN2S(=O)(=O)N(C)C)nc2c1CCC(=O)N2Cc1ccc(F)cc1. The molecule has 1 fully saturated rings. The summed E-state index contributed by atoms with van der Waals surface area (Å²) in [6.07, 6.45) is 2.24. The number of aromatic nitrogens is 2. The Morgan fingerprint density at radius 1 is 1.16 bits per heavy atom. The van der Waals surface area contributed by atoms with E-state index in [9.17, 15) is 17.6 Å². The molecule has 1 aromatic carbocycles. The summed E-state index contributed by atoms with van der Waals surface area (Å²) in [6.45, 7) is 2.55. The highest BCUT2D eigenvalue weighted by molar-refractivity contribution is 7.86. The molecule has 2 aliphatic heterocycles. The molecule has 1 unspecified atom stereocenters. The fraction of sp³-hybridized carbons (Fsp3) is 0.476. The van der Waals surface area contributed by atoms with Crippen LogP contribution in [0, 0.1) is 12.7 Å².